The lowest BCUT2D eigenvalue weighted by molar-refractivity contribution is -0.123. The number of furan rings is 1. The third-order valence-corrected chi connectivity index (χ3v) is 3.93. The Morgan fingerprint density at radius 3 is 2.89 bits per heavy atom. The van der Waals surface area contributed by atoms with Gasteiger partial charge in [-0.15, -0.1) is 0 Å². The first-order chi connectivity index (χ1) is 9.15. The molecular formula is C15H24N2O2. The summed E-state index contributed by atoms with van der Waals surface area (Å²) in [6.45, 7) is 5.55. The minimum Gasteiger partial charge on any atom is -0.467 e. The number of carbonyl (C=O) groups excluding carboxylic acids is 1. The van der Waals surface area contributed by atoms with Gasteiger partial charge in [-0.05, 0) is 43.7 Å². The third-order valence-electron chi connectivity index (χ3n) is 3.93. The van der Waals surface area contributed by atoms with Crippen LogP contribution in [0.2, 0.25) is 0 Å². The SMILES string of the molecule is CCCC1(CNC(C)C(=O)NCc2ccco2)CC1. The molecule has 2 rings (SSSR count). The molecule has 2 N–H and O–H groups in total. The molecule has 0 saturated heterocycles. The van der Waals surface area contributed by atoms with Gasteiger partial charge in [-0.25, -0.2) is 0 Å². The fourth-order valence-electron chi connectivity index (χ4n) is 2.43. The Bertz CT molecular complexity index is 396. The molecule has 19 heavy (non-hydrogen) atoms. The van der Waals surface area contributed by atoms with Gasteiger partial charge in [-0.1, -0.05) is 13.3 Å². The van der Waals surface area contributed by atoms with Crippen LogP contribution in [0.1, 0.15) is 45.3 Å². The average Bonchev–Trinajstić information content (AvgIpc) is 2.97. The van der Waals surface area contributed by atoms with Crippen molar-refractivity contribution in [2.24, 2.45) is 5.41 Å². The van der Waals surface area contributed by atoms with Crippen molar-refractivity contribution in [3.05, 3.63) is 24.2 Å². The summed E-state index contributed by atoms with van der Waals surface area (Å²) in [6.07, 6.45) is 6.70. The molecule has 0 radical (unpaired) electrons. The average molecular weight is 264 g/mol. The van der Waals surface area contributed by atoms with Crippen LogP contribution in [-0.4, -0.2) is 18.5 Å². The van der Waals surface area contributed by atoms with Crippen LogP contribution in [0.5, 0.6) is 0 Å². The quantitative estimate of drug-likeness (QED) is 0.758. The summed E-state index contributed by atoms with van der Waals surface area (Å²) in [6, 6.07) is 3.54. The van der Waals surface area contributed by atoms with Crippen LogP contribution in [0.3, 0.4) is 0 Å². The Kier molecular flexibility index (Phi) is 4.64. The van der Waals surface area contributed by atoms with Gasteiger partial charge in [0.15, 0.2) is 0 Å². The number of carbonyl (C=O) groups is 1. The molecular weight excluding hydrogens is 240 g/mol. The monoisotopic (exact) mass is 264 g/mol. The van der Waals surface area contributed by atoms with Crippen molar-refractivity contribution in [3.63, 3.8) is 0 Å². The summed E-state index contributed by atoms with van der Waals surface area (Å²) in [5, 5.41) is 6.24. The molecule has 0 aliphatic heterocycles. The third kappa shape index (κ3) is 4.10. The Morgan fingerprint density at radius 2 is 2.32 bits per heavy atom. The largest absolute Gasteiger partial charge is 0.467 e. The Balaban J connectivity index is 1.67. The summed E-state index contributed by atoms with van der Waals surface area (Å²) in [5.74, 6) is 0.814. The van der Waals surface area contributed by atoms with Crippen molar-refractivity contribution < 1.29 is 9.21 Å². The van der Waals surface area contributed by atoms with Crippen molar-refractivity contribution in [2.45, 2.75) is 52.1 Å². The van der Waals surface area contributed by atoms with E-state index in [-0.39, 0.29) is 11.9 Å². The Morgan fingerprint density at radius 1 is 1.53 bits per heavy atom. The zero-order valence-electron chi connectivity index (χ0n) is 11.9. The van der Waals surface area contributed by atoms with Crippen molar-refractivity contribution in [2.75, 3.05) is 6.54 Å². The lowest BCUT2D eigenvalue weighted by atomic mass is 10.0. The van der Waals surface area contributed by atoms with E-state index in [1.54, 1.807) is 6.26 Å². The predicted molar refractivity (Wildman–Crippen MR) is 74.6 cm³/mol. The maximum atomic E-state index is 11.9. The van der Waals surface area contributed by atoms with Gasteiger partial charge in [0.2, 0.25) is 5.91 Å². The lowest BCUT2D eigenvalue weighted by Crippen LogP contribution is -2.43. The van der Waals surface area contributed by atoms with Gasteiger partial charge in [0, 0.05) is 6.54 Å². The maximum absolute atomic E-state index is 11.9. The minimum absolute atomic E-state index is 0.0312. The number of hydrogen-bond acceptors (Lipinski definition) is 3. The van der Waals surface area contributed by atoms with E-state index in [1.165, 1.54) is 25.7 Å². The van der Waals surface area contributed by atoms with E-state index in [0.717, 1.165) is 12.3 Å². The van der Waals surface area contributed by atoms with Crippen LogP contribution in [-0.2, 0) is 11.3 Å². The summed E-state index contributed by atoms with van der Waals surface area (Å²) in [4.78, 5) is 11.9. The molecule has 4 nitrogen and oxygen atoms in total. The molecule has 1 saturated carbocycles. The summed E-state index contributed by atoms with van der Waals surface area (Å²) < 4.78 is 5.18. The zero-order chi connectivity index (χ0) is 13.7. The normalized spacial score (nSPS) is 18.0. The second-order valence-electron chi connectivity index (χ2n) is 5.65. The van der Waals surface area contributed by atoms with E-state index < -0.39 is 0 Å². The standard InChI is InChI=1S/C15H24N2O2/c1-3-6-15(7-8-15)11-17-12(2)14(18)16-10-13-5-4-9-19-13/h4-5,9,12,17H,3,6-8,10-11H2,1-2H3,(H,16,18). The van der Waals surface area contributed by atoms with Crippen LogP contribution in [0.25, 0.3) is 0 Å². The highest BCUT2D eigenvalue weighted by molar-refractivity contribution is 5.81. The van der Waals surface area contributed by atoms with Crippen LogP contribution in [0.15, 0.2) is 22.8 Å². The molecule has 0 bridgehead atoms. The zero-order valence-corrected chi connectivity index (χ0v) is 11.9. The smallest absolute Gasteiger partial charge is 0.237 e. The number of nitrogens with one attached hydrogen (secondary N) is 2. The molecule has 1 aliphatic carbocycles. The van der Waals surface area contributed by atoms with E-state index in [9.17, 15) is 4.79 Å². The fraction of sp³-hybridized carbons (Fsp3) is 0.667. The molecule has 1 heterocycles. The van der Waals surface area contributed by atoms with E-state index in [0.29, 0.717) is 12.0 Å². The second kappa shape index (κ2) is 6.24. The van der Waals surface area contributed by atoms with Crippen molar-refractivity contribution in [1.82, 2.24) is 10.6 Å². The van der Waals surface area contributed by atoms with Gasteiger partial charge in [0.25, 0.3) is 0 Å². The molecule has 1 unspecified atom stereocenters. The molecule has 1 atom stereocenters. The van der Waals surface area contributed by atoms with E-state index in [1.807, 2.05) is 19.1 Å². The van der Waals surface area contributed by atoms with E-state index in [4.69, 9.17) is 4.42 Å². The highest BCUT2D eigenvalue weighted by atomic mass is 16.3. The molecule has 1 amide bonds. The molecule has 1 aromatic heterocycles. The van der Waals surface area contributed by atoms with Crippen LogP contribution >= 0.6 is 0 Å². The van der Waals surface area contributed by atoms with E-state index in [2.05, 4.69) is 17.6 Å². The van der Waals surface area contributed by atoms with Gasteiger partial charge >= 0.3 is 0 Å². The van der Waals surface area contributed by atoms with Crippen molar-refractivity contribution >= 4 is 5.91 Å². The first-order valence-electron chi connectivity index (χ1n) is 7.19. The molecule has 0 aromatic carbocycles. The molecule has 0 spiro atoms. The molecule has 4 heteroatoms. The van der Waals surface area contributed by atoms with Crippen LogP contribution < -0.4 is 10.6 Å². The number of rotatable bonds is 8. The number of hydrogen-bond donors (Lipinski definition) is 2. The topological polar surface area (TPSA) is 54.3 Å². The summed E-state index contributed by atoms with van der Waals surface area (Å²) >= 11 is 0. The van der Waals surface area contributed by atoms with Gasteiger partial charge in [0.05, 0.1) is 18.8 Å². The first kappa shape index (κ1) is 14.1. The van der Waals surface area contributed by atoms with Gasteiger partial charge in [-0.3, -0.25) is 4.79 Å². The Labute approximate surface area is 114 Å². The van der Waals surface area contributed by atoms with Crippen LogP contribution in [0, 0.1) is 5.41 Å². The predicted octanol–water partition coefficient (Wildman–Crippen LogP) is 2.45. The molecule has 106 valence electrons. The first-order valence-corrected chi connectivity index (χ1v) is 7.19. The minimum atomic E-state index is -0.149. The highest BCUT2D eigenvalue weighted by Crippen LogP contribution is 2.48. The van der Waals surface area contributed by atoms with Crippen molar-refractivity contribution in [3.8, 4) is 0 Å². The van der Waals surface area contributed by atoms with Gasteiger partial charge < -0.3 is 15.1 Å². The second-order valence-corrected chi connectivity index (χ2v) is 5.65. The van der Waals surface area contributed by atoms with Gasteiger partial charge in [0.1, 0.15) is 5.76 Å². The van der Waals surface area contributed by atoms with Gasteiger partial charge in [-0.2, -0.15) is 0 Å². The molecule has 1 aliphatic rings. The summed E-state index contributed by atoms with van der Waals surface area (Å²) in [5.41, 5.74) is 0.476. The fourth-order valence-corrected chi connectivity index (χ4v) is 2.43. The molecule has 1 fully saturated rings. The van der Waals surface area contributed by atoms with E-state index >= 15 is 0 Å². The number of amides is 1. The molecule has 1 aromatic rings. The Hall–Kier alpha value is -1.29. The lowest BCUT2D eigenvalue weighted by Gasteiger charge is -2.19. The van der Waals surface area contributed by atoms with Crippen LogP contribution in [0.4, 0.5) is 0 Å². The summed E-state index contributed by atoms with van der Waals surface area (Å²) in [7, 11) is 0. The maximum Gasteiger partial charge on any atom is 0.237 e. The highest BCUT2D eigenvalue weighted by Gasteiger charge is 2.41. The van der Waals surface area contributed by atoms with Crippen molar-refractivity contribution in [1.29, 1.82) is 0 Å².